The van der Waals surface area contributed by atoms with Crippen LogP contribution in [0.5, 0.6) is 17.2 Å². The van der Waals surface area contributed by atoms with Crippen molar-refractivity contribution in [1.29, 1.82) is 0 Å². The zero-order chi connectivity index (χ0) is 24.2. The van der Waals surface area contributed by atoms with Crippen molar-refractivity contribution in [2.45, 2.75) is 46.5 Å². The SMILES string of the molecule is CC(C)(C)CC(C)(C)c1ccc(OCC(=O)N/N=C/c2ccc3c(c2)OCO3)c([N+](=O)[O-])c1. The molecule has 1 amide bonds. The Labute approximate surface area is 192 Å². The molecular weight excluding hydrogens is 426 g/mol. The first kappa shape index (κ1) is 24.0. The average Bonchev–Trinajstić information content (AvgIpc) is 3.18. The van der Waals surface area contributed by atoms with E-state index < -0.39 is 17.4 Å². The van der Waals surface area contributed by atoms with Crippen LogP contribution in [0.1, 0.15) is 52.2 Å². The number of carbonyl (C=O) groups is 1. The standard InChI is InChI=1S/C24H29N3O6/c1-23(2,3)14-24(4,5)17-7-9-19(18(11-17)27(29)30)31-13-22(28)26-25-12-16-6-8-20-21(10-16)33-15-32-20/h6-12H,13-15H2,1-5H3,(H,26,28)/b25-12+. The summed E-state index contributed by atoms with van der Waals surface area (Å²) in [5, 5.41) is 15.5. The van der Waals surface area contributed by atoms with Crippen LogP contribution in [-0.4, -0.2) is 30.4 Å². The van der Waals surface area contributed by atoms with E-state index in [2.05, 4.69) is 45.1 Å². The van der Waals surface area contributed by atoms with E-state index in [-0.39, 0.29) is 29.1 Å². The highest BCUT2D eigenvalue weighted by atomic mass is 16.7. The number of hydrazone groups is 1. The van der Waals surface area contributed by atoms with E-state index in [0.29, 0.717) is 17.1 Å². The number of nitrogens with zero attached hydrogens (tertiary/aromatic N) is 2. The van der Waals surface area contributed by atoms with Crippen molar-refractivity contribution < 1.29 is 23.9 Å². The third-order valence-corrected chi connectivity index (χ3v) is 5.07. The van der Waals surface area contributed by atoms with Crippen molar-refractivity contribution in [3.63, 3.8) is 0 Å². The summed E-state index contributed by atoms with van der Waals surface area (Å²) in [4.78, 5) is 23.2. The second-order valence-electron chi connectivity index (χ2n) is 9.76. The maximum absolute atomic E-state index is 12.1. The molecule has 1 N–H and O–H groups in total. The molecular formula is C24H29N3O6. The van der Waals surface area contributed by atoms with E-state index in [0.717, 1.165) is 12.0 Å². The Kier molecular flexibility index (Phi) is 6.90. The number of hydrogen-bond donors (Lipinski definition) is 1. The largest absolute Gasteiger partial charge is 0.477 e. The van der Waals surface area contributed by atoms with Crippen LogP contribution >= 0.6 is 0 Å². The number of amides is 1. The average molecular weight is 456 g/mol. The highest BCUT2D eigenvalue weighted by molar-refractivity contribution is 5.83. The summed E-state index contributed by atoms with van der Waals surface area (Å²) in [5.74, 6) is 0.748. The Morgan fingerprint density at radius 3 is 2.58 bits per heavy atom. The van der Waals surface area contributed by atoms with Crippen molar-refractivity contribution >= 4 is 17.8 Å². The molecule has 9 nitrogen and oxygen atoms in total. The zero-order valence-electron chi connectivity index (χ0n) is 19.5. The molecule has 0 atom stereocenters. The van der Waals surface area contributed by atoms with Crippen LogP contribution in [0.4, 0.5) is 5.69 Å². The van der Waals surface area contributed by atoms with Gasteiger partial charge in [0.1, 0.15) is 0 Å². The van der Waals surface area contributed by atoms with Gasteiger partial charge in [-0.15, -0.1) is 0 Å². The summed E-state index contributed by atoms with van der Waals surface area (Å²) in [7, 11) is 0. The van der Waals surface area contributed by atoms with Gasteiger partial charge in [0.25, 0.3) is 5.91 Å². The van der Waals surface area contributed by atoms with Gasteiger partial charge in [-0.25, -0.2) is 5.43 Å². The van der Waals surface area contributed by atoms with Crippen molar-refractivity contribution in [3.8, 4) is 17.2 Å². The van der Waals surface area contributed by atoms with Crippen molar-refractivity contribution in [1.82, 2.24) is 5.43 Å². The van der Waals surface area contributed by atoms with E-state index in [9.17, 15) is 14.9 Å². The molecule has 0 bridgehead atoms. The van der Waals surface area contributed by atoms with Crippen LogP contribution in [0.2, 0.25) is 0 Å². The van der Waals surface area contributed by atoms with E-state index in [1.165, 1.54) is 12.3 Å². The minimum Gasteiger partial charge on any atom is -0.477 e. The van der Waals surface area contributed by atoms with Gasteiger partial charge in [-0.3, -0.25) is 14.9 Å². The predicted octanol–water partition coefficient (Wildman–Crippen LogP) is 4.57. The minimum atomic E-state index is -0.543. The summed E-state index contributed by atoms with van der Waals surface area (Å²) in [6.07, 6.45) is 2.30. The molecule has 0 saturated heterocycles. The monoisotopic (exact) mass is 455 g/mol. The molecule has 0 spiro atoms. The lowest BCUT2D eigenvalue weighted by Gasteiger charge is -2.33. The maximum atomic E-state index is 12.1. The fourth-order valence-corrected chi connectivity index (χ4v) is 3.98. The van der Waals surface area contributed by atoms with Crippen LogP contribution in [0.25, 0.3) is 0 Å². The van der Waals surface area contributed by atoms with Crippen LogP contribution in [-0.2, 0) is 10.2 Å². The van der Waals surface area contributed by atoms with E-state index >= 15 is 0 Å². The second-order valence-corrected chi connectivity index (χ2v) is 9.76. The lowest BCUT2D eigenvalue weighted by Crippen LogP contribution is -2.26. The van der Waals surface area contributed by atoms with Gasteiger partial charge in [-0.05, 0) is 52.6 Å². The summed E-state index contributed by atoms with van der Waals surface area (Å²) < 4.78 is 16.0. The first-order valence-electron chi connectivity index (χ1n) is 10.6. The first-order chi connectivity index (χ1) is 15.4. The predicted molar refractivity (Wildman–Crippen MR) is 124 cm³/mol. The zero-order valence-corrected chi connectivity index (χ0v) is 19.5. The molecule has 0 aromatic heterocycles. The maximum Gasteiger partial charge on any atom is 0.311 e. The Balaban J connectivity index is 1.61. The number of fused-ring (bicyclic) bond motifs is 1. The number of benzene rings is 2. The fraction of sp³-hybridized carbons (Fsp3) is 0.417. The number of nitro benzene ring substituents is 1. The third kappa shape index (κ3) is 6.44. The van der Waals surface area contributed by atoms with E-state index in [1.807, 2.05) is 6.07 Å². The number of carbonyl (C=O) groups excluding carboxylic acids is 1. The molecule has 0 aliphatic carbocycles. The van der Waals surface area contributed by atoms with Gasteiger partial charge >= 0.3 is 5.69 Å². The Hall–Kier alpha value is -3.62. The molecule has 1 heterocycles. The van der Waals surface area contributed by atoms with E-state index in [4.69, 9.17) is 14.2 Å². The molecule has 1 aliphatic heterocycles. The molecule has 176 valence electrons. The number of hydrogen-bond acceptors (Lipinski definition) is 7. The number of nitrogens with one attached hydrogen (secondary N) is 1. The third-order valence-electron chi connectivity index (χ3n) is 5.07. The van der Waals surface area contributed by atoms with Crippen molar-refractivity contribution in [2.75, 3.05) is 13.4 Å². The van der Waals surface area contributed by atoms with Crippen LogP contribution in [0, 0.1) is 15.5 Å². The van der Waals surface area contributed by atoms with Crippen LogP contribution < -0.4 is 19.6 Å². The molecule has 0 radical (unpaired) electrons. The molecule has 9 heteroatoms. The molecule has 2 aromatic rings. The number of ether oxygens (including phenoxy) is 3. The van der Waals surface area contributed by atoms with E-state index in [1.54, 1.807) is 24.3 Å². The molecule has 0 fully saturated rings. The lowest BCUT2D eigenvalue weighted by atomic mass is 9.72. The fourth-order valence-electron chi connectivity index (χ4n) is 3.98. The second kappa shape index (κ2) is 9.48. The smallest absolute Gasteiger partial charge is 0.311 e. The Morgan fingerprint density at radius 1 is 1.15 bits per heavy atom. The topological polar surface area (TPSA) is 112 Å². The summed E-state index contributed by atoms with van der Waals surface area (Å²) in [5.41, 5.74) is 3.52. The lowest BCUT2D eigenvalue weighted by molar-refractivity contribution is -0.385. The molecule has 33 heavy (non-hydrogen) atoms. The highest BCUT2D eigenvalue weighted by Gasteiger charge is 2.30. The highest BCUT2D eigenvalue weighted by Crippen LogP contribution is 2.39. The quantitative estimate of drug-likeness (QED) is 0.355. The minimum absolute atomic E-state index is 0.0326. The van der Waals surface area contributed by atoms with Crippen LogP contribution in [0.3, 0.4) is 0 Å². The van der Waals surface area contributed by atoms with Crippen molar-refractivity contribution in [2.24, 2.45) is 10.5 Å². The van der Waals surface area contributed by atoms with Gasteiger partial charge < -0.3 is 14.2 Å². The van der Waals surface area contributed by atoms with Gasteiger partial charge in [-0.2, -0.15) is 5.10 Å². The van der Waals surface area contributed by atoms with Crippen LogP contribution in [0.15, 0.2) is 41.5 Å². The normalized spacial score (nSPS) is 13.2. The number of nitro groups is 1. The summed E-state index contributed by atoms with van der Waals surface area (Å²) in [6.45, 7) is 10.3. The summed E-state index contributed by atoms with van der Waals surface area (Å²) >= 11 is 0. The van der Waals surface area contributed by atoms with Gasteiger partial charge in [0.2, 0.25) is 6.79 Å². The van der Waals surface area contributed by atoms with Gasteiger partial charge in [0.05, 0.1) is 11.1 Å². The molecule has 1 aliphatic rings. The molecule has 3 rings (SSSR count). The molecule has 2 aromatic carbocycles. The van der Waals surface area contributed by atoms with Gasteiger partial charge in [0, 0.05) is 6.07 Å². The molecule has 0 saturated carbocycles. The van der Waals surface area contributed by atoms with Gasteiger partial charge in [0.15, 0.2) is 23.9 Å². The number of rotatable bonds is 8. The molecule has 0 unspecified atom stereocenters. The Bertz CT molecular complexity index is 1070. The van der Waals surface area contributed by atoms with Gasteiger partial charge in [-0.1, -0.05) is 40.7 Å². The van der Waals surface area contributed by atoms with Crippen molar-refractivity contribution in [3.05, 3.63) is 57.6 Å². The Morgan fingerprint density at radius 2 is 1.88 bits per heavy atom. The first-order valence-corrected chi connectivity index (χ1v) is 10.6. The summed E-state index contributed by atoms with van der Waals surface area (Å²) in [6, 6.07) is 10.1.